The minimum Gasteiger partial charge on any atom is -0.481 e. The summed E-state index contributed by atoms with van der Waals surface area (Å²) in [7, 11) is 0. The van der Waals surface area contributed by atoms with Crippen molar-refractivity contribution >= 4 is 5.97 Å². The monoisotopic (exact) mass is 382 g/mol. The number of aromatic nitrogens is 2. The molecule has 0 bridgehead atoms. The summed E-state index contributed by atoms with van der Waals surface area (Å²) >= 11 is 0. The highest BCUT2D eigenvalue weighted by atomic mass is 16.4. The van der Waals surface area contributed by atoms with Gasteiger partial charge in [0, 0.05) is 36.9 Å². The topological polar surface area (TPSA) is 72.5 Å². The first kappa shape index (κ1) is 19.2. The molecule has 2 aliphatic heterocycles. The number of hydrogen-bond acceptors (Lipinski definition) is 4. The molecule has 3 heterocycles. The average molecular weight is 383 g/mol. The molecule has 6 nitrogen and oxygen atoms in total. The molecule has 150 valence electrons. The number of likely N-dealkylation sites (tertiary alicyclic amines) is 2. The first-order valence-electron chi connectivity index (χ1n) is 10.2. The van der Waals surface area contributed by atoms with Crippen molar-refractivity contribution in [3.05, 3.63) is 53.1 Å². The number of H-pyrrole nitrogens is 1. The Morgan fingerprint density at radius 1 is 1.21 bits per heavy atom. The van der Waals surface area contributed by atoms with Crippen LogP contribution in [0.2, 0.25) is 0 Å². The van der Waals surface area contributed by atoms with E-state index in [9.17, 15) is 9.90 Å². The summed E-state index contributed by atoms with van der Waals surface area (Å²) in [6, 6.07) is 8.41. The molecule has 0 aliphatic carbocycles. The van der Waals surface area contributed by atoms with Gasteiger partial charge in [0.15, 0.2) is 0 Å². The number of benzene rings is 1. The fraction of sp³-hybridized carbons (Fsp3) is 0.545. The highest BCUT2D eigenvalue weighted by Crippen LogP contribution is 2.45. The standard InChI is InChI=1S/C22H30N4O2/c1-16-5-3-4-6-18(16)12-26-13-19(21(27)28)22(15-26)7-9-25(10-8-22)14-20-23-11-17(2)24-20/h3-6,11,19H,7-10,12-15H2,1-2H3,(H,23,24)(H,27,28). The molecule has 1 spiro atoms. The van der Waals surface area contributed by atoms with Crippen LogP contribution in [0.1, 0.15) is 35.5 Å². The molecule has 1 unspecified atom stereocenters. The third-order valence-corrected chi connectivity index (χ3v) is 6.65. The van der Waals surface area contributed by atoms with E-state index in [-0.39, 0.29) is 11.3 Å². The van der Waals surface area contributed by atoms with Gasteiger partial charge in [-0.3, -0.25) is 14.6 Å². The van der Waals surface area contributed by atoms with Crippen LogP contribution >= 0.6 is 0 Å². The second kappa shape index (κ2) is 7.68. The van der Waals surface area contributed by atoms with Gasteiger partial charge in [0.05, 0.1) is 12.5 Å². The lowest BCUT2D eigenvalue weighted by molar-refractivity contribution is -0.146. The van der Waals surface area contributed by atoms with Crippen molar-refractivity contribution in [2.45, 2.75) is 39.8 Å². The molecule has 2 N–H and O–H groups in total. The van der Waals surface area contributed by atoms with E-state index in [1.807, 2.05) is 13.1 Å². The largest absolute Gasteiger partial charge is 0.481 e. The number of carboxylic acid groups (broad SMARTS) is 1. The number of imidazole rings is 1. The van der Waals surface area contributed by atoms with Crippen LogP contribution in [0.25, 0.3) is 0 Å². The number of nitrogens with one attached hydrogen (secondary N) is 1. The molecule has 28 heavy (non-hydrogen) atoms. The molecular weight excluding hydrogens is 352 g/mol. The Morgan fingerprint density at radius 3 is 2.61 bits per heavy atom. The molecular formula is C22H30N4O2. The van der Waals surface area contributed by atoms with Gasteiger partial charge in [0.1, 0.15) is 5.82 Å². The maximum absolute atomic E-state index is 12.1. The van der Waals surface area contributed by atoms with E-state index in [0.717, 1.165) is 57.1 Å². The number of aromatic amines is 1. The summed E-state index contributed by atoms with van der Waals surface area (Å²) in [5, 5.41) is 9.92. The Hall–Kier alpha value is -2.18. The molecule has 2 aromatic rings. The van der Waals surface area contributed by atoms with Gasteiger partial charge in [-0.15, -0.1) is 0 Å². The van der Waals surface area contributed by atoms with Crippen LogP contribution in [-0.2, 0) is 17.9 Å². The summed E-state index contributed by atoms with van der Waals surface area (Å²) in [6.45, 7) is 9.20. The maximum atomic E-state index is 12.1. The third-order valence-electron chi connectivity index (χ3n) is 6.65. The Balaban J connectivity index is 1.42. The SMILES string of the molecule is Cc1cnc(CN2CCC3(CC2)CN(Cc2ccccc2C)CC3C(=O)O)[nH]1. The van der Waals surface area contributed by atoms with Crippen molar-refractivity contribution in [1.82, 2.24) is 19.8 Å². The van der Waals surface area contributed by atoms with Crippen LogP contribution in [0.15, 0.2) is 30.5 Å². The van der Waals surface area contributed by atoms with Gasteiger partial charge in [-0.2, -0.15) is 0 Å². The van der Waals surface area contributed by atoms with Crippen molar-refractivity contribution in [2.24, 2.45) is 11.3 Å². The average Bonchev–Trinajstić information content (AvgIpc) is 3.23. The zero-order valence-electron chi connectivity index (χ0n) is 16.8. The van der Waals surface area contributed by atoms with Crippen molar-refractivity contribution < 1.29 is 9.90 Å². The summed E-state index contributed by atoms with van der Waals surface area (Å²) in [6.07, 6.45) is 3.74. The molecule has 4 rings (SSSR count). The lowest BCUT2D eigenvalue weighted by Crippen LogP contribution is -2.45. The van der Waals surface area contributed by atoms with E-state index in [4.69, 9.17) is 0 Å². The predicted octanol–water partition coefficient (Wildman–Crippen LogP) is 2.83. The predicted molar refractivity (Wildman–Crippen MR) is 108 cm³/mol. The van der Waals surface area contributed by atoms with E-state index >= 15 is 0 Å². The van der Waals surface area contributed by atoms with Crippen molar-refractivity contribution in [3.63, 3.8) is 0 Å². The van der Waals surface area contributed by atoms with Crippen LogP contribution < -0.4 is 0 Å². The number of carboxylic acids is 1. The van der Waals surface area contributed by atoms with E-state index in [0.29, 0.717) is 6.54 Å². The van der Waals surface area contributed by atoms with Crippen LogP contribution in [0.5, 0.6) is 0 Å². The third kappa shape index (κ3) is 3.84. The van der Waals surface area contributed by atoms with Crippen LogP contribution in [0, 0.1) is 25.2 Å². The van der Waals surface area contributed by atoms with E-state index < -0.39 is 5.97 Å². The molecule has 6 heteroatoms. The summed E-state index contributed by atoms with van der Waals surface area (Å²) in [5.74, 6) is 0.0859. The normalized spacial score (nSPS) is 22.7. The number of carbonyl (C=O) groups is 1. The van der Waals surface area contributed by atoms with Gasteiger partial charge in [-0.25, -0.2) is 4.98 Å². The lowest BCUT2D eigenvalue weighted by Gasteiger charge is -2.41. The number of rotatable bonds is 5. The van der Waals surface area contributed by atoms with Gasteiger partial charge in [0.2, 0.25) is 0 Å². The molecule has 2 saturated heterocycles. The fourth-order valence-corrected chi connectivity index (χ4v) is 4.98. The van der Waals surface area contributed by atoms with Gasteiger partial charge in [-0.1, -0.05) is 24.3 Å². The fourth-order valence-electron chi connectivity index (χ4n) is 4.98. The summed E-state index contributed by atoms with van der Waals surface area (Å²) in [4.78, 5) is 24.5. The molecule has 1 aromatic carbocycles. The number of hydrogen-bond donors (Lipinski definition) is 2. The molecule has 0 radical (unpaired) electrons. The minimum absolute atomic E-state index is 0.107. The van der Waals surface area contributed by atoms with Gasteiger partial charge in [-0.05, 0) is 50.9 Å². The van der Waals surface area contributed by atoms with Crippen LogP contribution in [0.3, 0.4) is 0 Å². The highest BCUT2D eigenvalue weighted by Gasteiger charge is 2.51. The van der Waals surface area contributed by atoms with Crippen molar-refractivity contribution in [2.75, 3.05) is 26.2 Å². The Bertz CT molecular complexity index is 839. The minimum atomic E-state index is -0.637. The second-order valence-corrected chi connectivity index (χ2v) is 8.64. The smallest absolute Gasteiger partial charge is 0.308 e. The highest BCUT2D eigenvalue weighted by molar-refractivity contribution is 5.72. The maximum Gasteiger partial charge on any atom is 0.308 e. The number of aryl methyl sites for hydroxylation is 2. The quantitative estimate of drug-likeness (QED) is 0.832. The van der Waals surface area contributed by atoms with Gasteiger partial charge >= 0.3 is 5.97 Å². The summed E-state index contributed by atoms with van der Waals surface area (Å²) in [5.41, 5.74) is 3.55. The van der Waals surface area contributed by atoms with Crippen molar-refractivity contribution in [1.29, 1.82) is 0 Å². The summed E-state index contributed by atoms with van der Waals surface area (Å²) < 4.78 is 0. The van der Waals surface area contributed by atoms with Gasteiger partial charge in [0.25, 0.3) is 0 Å². The Labute approximate surface area is 166 Å². The Morgan fingerprint density at radius 2 is 1.96 bits per heavy atom. The molecule has 2 aliphatic rings. The zero-order valence-corrected chi connectivity index (χ0v) is 16.8. The van der Waals surface area contributed by atoms with E-state index in [1.54, 1.807) is 0 Å². The first-order valence-corrected chi connectivity index (χ1v) is 10.2. The number of piperidine rings is 1. The zero-order chi connectivity index (χ0) is 19.7. The molecule has 0 saturated carbocycles. The molecule has 0 amide bonds. The van der Waals surface area contributed by atoms with Crippen LogP contribution in [0.4, 0.5) is 0 Å². The Kier molecular flexibility index (Phi) is 5.25. The van der Waals surface area contributed by atoms with Crippen molar-refractivity contribution in [3.8, 4) is 0 Å². The molecule has 2 fully saturated rings. The molecule has 1 atom stereocenters. The number of nitrogens with zero attached hydrogens (tertiary/aromatic N) is 3. The lowest BCUT2D eigenvalue weighted by atomic mass is 9.71. The first-order chi connectivity index (χ1) is 13.4. The van der Waals surface area contributed by atoms with E-state index in [1.165, 1.54) is 11.1 Å². The van der Waals surface area contributed by atoms with E-state index in [2.05, 4.69) is 51.0 Å². The number of aliphatic carboxylic acids is 1. The molecule has 1 aromatic heterocycles. The van der Waals surface area contributed by atoms with Gasteiger partial charge < -0.3 is 10.1 Å². The second-order valence-electron chi connectivity index (χ2n) is 8.64. The van der Waals surface area contributed by atoms with Crippen LogP contribution in [-0.4, -0.2) is 57.0 Å².